The van der Waals surface area contributed by atoms with Gasteiger partial charge in [0.2, 0.25) is 5.95 Å². The molecular formula is C20H30N6O4S. The van der Waals surface area contributed by atoms with Gasteiger partial charge in [0.15, 0.2) is 0 Å². The van der Waals surface area contributed by atoms with Gasteiger partial charge in [0.05, 0.1) is 23.1 Å². The van der Waals surface area contributed by atoms with Crippen LogP contribution in [-0.4, -0.2) is 75.9 Å². The average molecular weight is 451 g/mol. The lowest BCUT2D eigenvalue weighted by atomic mass is 10.1. The highest BCUT2D eigenvalue weighted by Crippen LogP contribution is 2.33. The van der Waals surface area contributed by atoms with Crippen LogP contribution in [0.1, 0.15) is 45.0 Å². The van der Waals surface area contributed by atoms with E-state index in [-0.39, 0.29) is 24.6 Å². The summed E-state index contributed by atoms with van der Waals surface area (Å²) in [5, 5.41) is 14.7. The molecule has 2 aromatic heterocycles. The van der Waals surface area contributed by atoms with E-state index in [1.54, 1.807) is 24.1 Å². The topological polar surface area (TPSA) is 134 Å². The van der Waals surface area contributed by atoms with E-state index in [1.165, 1.54) is 11.3 Å². The van der Waals surface area contributed by atoms with Crippen molar-refractivity contribution >= 4 is 45.3 Å². The minimum atomic E-state index is -0.765. The van der Waals surface area contributed by atoms with Crippen molar-refractivity contribution < 1.29 is 19.4 Å². The number of aliphatic hydroxyl groups is 1. The van der Waals surface area contributed by atoms with Gasteiger partial charge in [0.25, 0.3) is 5.91 Å². The maximum atomic E-state index is 12.9. The zero-order valence-electron chi connectivity index (χ0n) is 18.6. The molecule has 2 amide bonds. The Morgan fingerprint density at radius 2 is 1.84 bits per heavy atom. The third-order valence-corrected chi connectivity index (χ3v) is 5.63. The van der Waals surface area contributed by atoms with Gasteiger partial charge in [0.1, 0.15) is 16.2 Å². The van der Waals surface area contributed by atoms with E-state index >= 15 is 0 Å². The molecule has 1 aliphatic rings. The molecular weight excluding hydrogens is 420 g/mol. The average Bonchev–Trinajstić information content (AvgIpc) is 3.09. The molecule has 3 heterocycles. The lowest BCUT2D eigenvalue weighted by Crippen LogP contribution is -2.50. The number of nitrogen functional groups attached to an aromatic ring is 1. The molecule has 10 nitrogen and oxygen atoms in total. The van der Waals surface area contributed by atoms with E-state index in [2.05, 4.69) is 15.3 Å². The number of anilines is 2. The van der Waals surface area contributed by atoms with Crippen LogP contribution < -0.4 is 16.0 Å². The van der Waals surface area contributed by atoms with Crippen LogP contribution in [0.5, 0.6) is 0 Å². The van der Waals surface area contributed by atoms with Gasteiger partial charge in [-0.2, -0.15) is 4.98 Å². The number of hydrogen-bond donors (Lipinski definition) is 3. The first-order valence-corrected chi connectivity index (χ1v) is 11.0. The number of aromatic nitrogens is 2. The Hall–Kier alpha value is -2.66. The molecule has 1 aliphatic heterocycles. The Labute approximate surface area is 185 Å². The van der Waals surface area contributed by atoms with Crippen molar-refractivity contribution in [3.8, 4) is 0 Å². The van der Waals surface area contributed by atoms with Gasteiger partial charge in [-0.05, 0) is 34.6 Å². The summed E-state index contributed by atoms with van der Waals surface area (Å²) >= 11 is 1.31. The van der Waals surface area contributed by atoms with E-state index in [1.807, 2.05) is 25.7 Å². The van der Waals surface area contributed by atoms with Crippen LogP contribution in [0, 0.1) is 0 Å². The molecule has 170 valence electrons. The van der Waals surface area contributed by atoms with Gasteiger partial charge >= 0.3 is 6.09 Å². The minimum Gasteiger partial charge on any atom is -0.444 e. The summed E-state index contributed by atoms with van der Waals surface area (Å²) < 4.78 is 5.45. The number of amides is 2. The highest BCUT2D eigenvalue weighted by atomic mass is 32.1. The largest absolute Gasteiger partial charge is 0.444 e. The Morgan fingerprint density at radius 3 is 2.42 bits per heavy atom. The van der Waals surface area contributed by atoms with Crippen molar-refractivity contribution in [1.29, 1.82) is 0 Å². The van der Waals surface area contributed by atoms with Crippen LogP contribution in [0.4, 0.5) is 16.6 Å². The molecule has 0 unspecified atom stereocenters. The first-order valence-electron chi connectivity index (χ1n) is 10.1. The number of carbonyl (C=O) groups is 2. The number of hydrogen-bond acceptors (Lipinski definition) is 9. The number of rotatable bonds is 4. The second kappa shape index (κ2) is 8.46. The number of nitrogens with zero attached hydrogens (tertiary/aromatic N) is 4. The van der Waals surface area contributed by atoms with Crippen LogP contribution in [0.15, 0.2) is 5.38 Å². The van der Waals surface area contributed by atoms with Crippen LogP contribution >= 0.6 is 11.3 Å². The van der Waals surface area contributed by atoms with Gasteiger partial charge in [-0.1, -0.05) is 0 Å². The SMILES string of the molecule is CC(C)(CO)NC(=O)c1csc2nc(N)nc(N3CCN(C(=O)OC(C)(C)C)CC3)c12. The molecule has 2 aromatic rings. The first-order chi connectivity index (χ1) is 14.4. The fourth-order valence-corrected chi connectivity index (χ4v) is 4.10. The molecule has 0 bridgehead atoms. The first kappa shape index (κ1) is 23.0. The number of nitrogens with two attached hydrogens (primary N) is 1. The molecule has 0 radical (unpaired) electrons. The number of fused-ring (bicyclic) bond motifs is 1. The van der Waals surface area contributed by atoms with Crippen molar-refractivity contribution in [3.63, 3.8) is 0 Å². The lowest BCUT2D eigenvalue weighted by Gasteiger charge is -2.36. The van der Waals surface area contributed by atoms with E-state index in [0.717, 1.165) is 0 Å². The van der Waals surface area contributed by atoms with Crippen LogP contribution in [0.25, 0.3) is 10.2 Å². The molecule has 11 heteroatoms. The predicted molar refractivity (Wildman–Crippen MR) is 120 cm³/mol. The predicted octanol–water partition coefficient (Wildman–Crippen LogP) is 1.83. The fourth-order valence-electron chi connectivity index (χ4n) is 3.18. The van der Waals surface area contributed by atoms with Crippen molar-refractivity contribution in [3.05, 3.63) is 10.9 Å². The summed E-state index contributed by atoms with van der Waals surface area (Å²) in [5.41, 5.74) is 5.04. The van der Waals surface area contributed by atoms with Gasteiger partial charge in [0, 0.05) is 31.6 Å². The zero-order chi connectivity index (χ0) is 23.0. The van der Waals surface area contributed by atoms with E-state index in [9.17, 15) is 14.7 Å². The van der Waals surface area contributed by atoms with Gasteiger partial charge in [-0.25, -0.2) is 9.78 Å². The Kier molecular flexibility index (Phi) is 6.28. The van der Waals surface area contributed by atoms with Crippen molar-refractivity contribution in [2.24, 2.45) is 0 Å². The number of carbonyl (C=O) groups excluding carboxylic acids is 2. The third-order valence-electron chi connectivity index (χ3n) is 4.75. The normalized spacial score (nSPS) is 15.3. The van der Waals surface area contributed by atoms with E-state index < -0.39 is 11.1 Å². The Balaban J connectivity index is 1.85. The Bertz CT molecular complexity index is 976. The number of ether oxygens (including phenoxy) is 1. The van der Waals surface area contributed by atoms with Crippen molar-refractivity contribution in [2.75, 3.05) is 43.4 Å². The highest BCUT2D eigenvalue weighted by Gasteiger charge is 2.29. The van der Waals surface area contributed by atoms with Crippen LogP contribution in [0.3, 0.4) is 0 Å². The molecule has 4 N–H and O–H groups in total. The fraction of sp³-hybridized carbons (Fsp3) is 0.600. The maximum Gasteiger partial charge on any atom is 0.410 e. The molecule has 0 atom stereocenters. The number of aliphatic hydroxyl groups excluding tert-OH is 1. The molecule has 1 fully saturated rings. The van der Waals surface area contributed by atoms with Gasteiger partial charge in [-0.3, -0.25) is 4.79 Å². The van der Waals surface area contributed by atoms with Crippen molar-refractivity contribution in [1.82, 2.24) is 20.2 Å². The third kappa shape index (κ3) is 5.34. The summed E-state index contributed by atoms with van der Waals surface area (Å²) in [7, 11) is 0. The van der Waals surface area contributed by atoms with Crippen molar-refractivity contribution in [2.45, 2.75) is 45.8 Å². The smallest absolute Gasteiger partial charge is 0.410 e. The minimum absolute atomic E-state index is 0.126. The molecule has 0 spiro atoms. The second-order valence-electron chi connectivity index (χ2n) is 9.19. The van der Waals surface area contributed by atoms with E-state index in [4.69, 9.17) is 10.5 Å². The van der Waals surface area contributed by atoms with Crippen LogP contribution in [-0.2, 0) is 4.74 Å². The lowest BCUT2D eigenvalue weighted by molar-refractivity contribution is 0.0240. The summed E-state index contributed by atoms with van der Waals surface area (Å²) in [6, 6.07) is 0. The second-order valence-corrected chi connectivity index (χ2v) is 10.0. The summed E-state index contributed by atoms with van der Waals surface area (Å²) in [5.74, 6) is 0.383. The molecule has 0 aliphatic carbocycles. The quantitative estimate of drug-likeness (QED) is 0.642. The number of piperazine rings is 1. The monoisotopic (exact) mass is 450 g/mol. The zero-order valence-corrected chi connectivity index (χ0v) is 19.4. The Morgan fingerprint density at radius 1 is 1.19 bits per heavy atom. The van der Waals surface area contributed by atoms with Crippen LogP contribution in [0.2, 0.25) is 0 Å². The van der Waals surface area contributed by atoms with E-state index in [0.29, 0.717) is 47.8 Å². The number of thiophene rings is 1. The summed E-state index contributed by atoms with van der Waals surface area (Å²) in [4.78, 5) is 38.2. The molecule has 3 rings (SSSR count). The maximum absolute atomic E-state index is 12.9. The summed E-state index contributed by atoms with van der Waals surface area (Å²) in [6.07, 6.45) is -0.346. The van der Waals surface area contributed by atoms with Gasteiger partial charge in [-0.15, -0.1) is 11.3 Å². The number of nitrogens with one attached hydrogen (secondary N) is 1. The molecule has 0 aromatic carbocycles. The van der Waals surface area contributed by atoms with Gasteiger partial charge < -0.3 is 30.7 Å². The highest BCUT2D eigenvalue weighted by molar-refractivity contribution is 7.17. The summed E-state index contributed by atoms with van der Waals surface area (Å²) in [6.45, 7) is 10.8. The standard InChI is InChI=1S/C20H30N6O4S/c1-19(2,3)30-18(29)26-8-6-25(7-9-26)14-13-12(15(28)24-20(4,5)11-27)10-31-16(13)23-17(21)22-14/h10,27H,6-9,11H2,1-5H3,(H,24,28)(H2,21,22,23). The molecule has 1 saturated heterocycles. The molecule has 31 heavy (non-hydrogen) atoms. The molecule has 0 saturated carbocycles.